The maximum Gasteiger partial charge on any atom is 0.0821 e. The third kappa shape index (κ3) is 2.38. The monoisotopic (exact) mass is 174 g/mol. The van der Waals surface area contributed by atoms with Gasteiger partial charge in [-0.15, -0.1) is 0 Å². The Hall–Kier alpha value is -0.220. The summed E-state index contributed by atoms with van der Waals surface area (Å²) in [5, 5.41) is 7.10. The summed E-state index contributed by atoms with van der Waals surface area (Å²) < 4.78 is 11.1. The number of nitrogens with one attached hydrogen (secondary N) is 1. The highest BCUT2D eigenvalue weighted by Gasteiger charge is 2.20. The van der Waals surface area contributed by atoms with E-state index in [1.54, 1.807) is 0 Å². The Morgan fingerprint density at radius 2 is 2.09 bits per heavy atom. The Labute approximate surface area is 69.7 Å². The van der Waals surface area contributed by atoms with E-state index in [1.807, 2.05) is 0 Å². The van der Waals surface area contributed by atoms with Crippen LogP contribution in [0.25, 0.3) is 0 Å². The van der Waals surface area contributed by atoms with E-state index in [4.69, 9.17) is 5.41 Å². The zero-order valence-corrected chi connectivity index (χ0v) is 7.56. The Morgan fingerprint density at radius 1 is 1.55 bits per heavy atom. The predicted molar refractivity (Wildman–Crippen MR) is 47.4 cm³/mol. The van der Waals surface area contributed by atoms with Crippen molar-refractivity contribution in [2.24, 2.45) is 0 Å². The minimum Gasteiger partial charge on any atom is -0.306 e. The average molecular weight is 174 g/mol. The van der Waals surface area contributed by atoms with Gasteiger partial charge in [0.2, 0.25) is 0 Å². The highest BCUT2D eigenvalue weighted by Crippen LogP contribution is 2.13. The molecule has 64 valence electrons. The molecule has 0 aromatic rings. The van der Waals surface area contributed by atoms with Crippen molar-refractivity contribution >= 4 is 16.3 Å². The predicted octanol–water partition coefficient (Wildman–Crippen LogP) is 0.436. The molecule has 0 amide bonds. The van der Waals surface area contributed by atoms with Gasteiger partial charge in [0.25, 0.3) is 0 Å². The van der Waals surface area contributed by atoms with Gasteiger partial charge >= 0.3 is 0 Å². The molecule has 11 heavy (non-hydrogen) atoms. The van der Waals surface area contributed by atoms with Crippen LogP contribution in [0, 0.1) is 5.41 Å². The molecule has 1 atom stereocenters. The van der Waals surface area contributed by atoms with Gasteiger partial charge < -0.3 is 4.90 Å². The highest BCUT2D eigenvalue weighted by molar-refractivity contribution is 7.99. The highest BCUT2D eigenvalue weighted by atomic mass is 32.2. The lowest BCUT2D eigenvalue weighted by molar-refractivity contribution is 0.280. The van der Waals surface area contributed by atoms with Crippen molar-refractivity contribution in [2.75, 3.05) is 20.1 Å². The molecular weight excluding hydrogens is 160 g/mol. The van der Waals surface area contributed by atoms with Crippen LogP contribution in [0.2, 0.25) is 0 Å². The van der Waals surface area contributed by atoms with E-state index in [-0.39, 0.29) is 5.25 Å². The van der Waals surface area contributed by atoms with Gasteiger partial charge in [-0.3, -0.25) is 9.62 Å². The topological polar surface area (TPSA) is 44.2 Å². The number of nitrogens with zero attached hydrogens (tertiary/aromatic N) is 1. The molecule has 1 fully saturated rings. The van der Waals surface area contributed by atoms with E-state index in [0.29, 0.717) is 0 Å². The van der Waals surface area contributed by atoms with Gasteiger partial charge in [0.1, 0.15) is 0 Å². The standard InChI is InChI=1S/C7H14N2OS/c1-9-4-2-7(3-5-9)11(10)6-8/h6-8H,2-5H2,1H3. The lowest BCUT2D eigenvalue weighted by Gasteiger charge is -2.27. The third-order valence-electron chi connectivity index (χ3n) is 2.11. The molecule has 0 radical (unpaired) electrons. The summed E-state index contributed by atoms with van der Waals surface area (Å²) in [6.07, 6.45) is 1.94. The second-order valence-corrected chi connectivity index (χ2v) is 4.51. The summed E-state index contributed by atoms with van der Waals surface area (Å²) in [7, 11) is 1.06. The number of rotatable bonds is 2. The molecule has 1 aliphatic heterocycles. The summed E-state index contributed by atoms with van der Waals surface area (Å²) in [6, 6.07) is 0. The number of hydrogen-bond donors (Lipinski definition) is 1. The number of piperidine rings is 1. The zero-order chi connectivity index (χ0) is 8.27. The normalized spacial score (nSPS) is 24.8. The van der Waals surface area contributed by atoms with Crippen LogP contribution in [0.15, 0.2) is 0 Å². The van der Waals surface area contributed by atoms with E-state index < -0.39 is 10.8 Å². The van der Waals surface area contributed by atoms with Crippen LogP contribution in [-0.2, 0) is 10.8 Å². The molecule has 1 N–H and O–H groups in total. The molecule has 0 aromatic carbocycles. The van der Waals surface area contributed by atoms with Gasteiger partial charge in [0.05, 0.1) is 16.3 Å². The van der Waals surface area contributed by atoms with Crippen LogP contribution in [-0.4, -0.2) is 40.0 Å². The third-order valence-corrected chi connectivity index (χ3v) is 3.47. The van der Waals surface area contributed by atoms with Crippen molar-refractivity contribution in [3.63, 3.8) is 0 Å². The first kappa shape index (κ1) is 8.87. The summed E-state index contributed by atoms with van der Waals surface area (Å²) in [5.41, 5.74) is 1.07. The molecule has 0 bridgehead atoms. The van der Waals surface area contributed by atoms with Gasteiger partial charge in [0.15, 0.2) is 0 Å². The second-order valence-electron chi connectivity index (χ2n) is 2.95. The second kappa shape index (κ2) is 3.97. The van der Waals surface area contributed by atoms with E-state index in [9.17, 15) is 4.21 Å². The van der Waals surface area contributed by atoms with Gasteiger partial charge in [-0.1, -0.05) is 0 Å². The molecule has 0 saturated carbocycles. The van der Waals surface area contributed by atoms with Crippen molar-refractivity contribution in [3.8, 4) is 0 Å². The Kier molecular flexibility index (Phi) is 3.20. The lowest BCUT2D eigenvalue weighted by Crippen LogP contribution is -2.35. The molecule has 1 rings (SSSR count). The average Bonchev–Trinajstić information content (AvgIpc) is 2.05. The minimum atomic E-state index is -1.01. The molecular formula is C7H14N2OS. The van der Waals surface area contributed by atoms with E-state index >= 15 is 0 Å². The largest absolute Gasteiger partial charge is 0.306 e. The Bertz CT molecular complexity index is 164. The molecule has 3 nitrogen and oxygen atoms in total. The fourth-order valence-corrected chi connectivity index (χ4v) is 2.18. The number of hydrogen-bond acceptors (Lipinski definition) is 3. The van der Waals surface area contributed by atoms with Gasteiger partial charge in [0, 0.05) is 5.25 Å². The molecule has 1 saturated heterocycles. The maximum atomic E-state index is 11.1. The quantitative estimate of drug-likeness (QED) is 0.487. The molecule has 1 heterocycles. The van der Waals surface area contributed by atoms with E-state index in [1.165, 1.54) is 0 Å². The SMILES string of the molecule is CN1CCC(S(=O)C=N)CC1. The van der Waals surface area contributed by atoms with Crippen LogP contribution in [0.4, 0.5) is 0 Å². The first-order valence-electron chi connectivity index (χ1n) is 3.82. The van der Waals surface area contributed by atoms with Crippen molar-refractivity contribution < 1.29 is 4.21 Å². The van der Waals surface area contributed by atoms with Crippen molar-refractivity contribution in [1.29, 1.82) is 5.41 Å². The van der Waals surface area contributed by atoms with Crippen LogP contribution >= 0.6 is 0 Å². The fraction of sp³-hybridized carbons (Fsp3) is 0.857. The summed E-state index contributed by atoms with van der Waals surface area (Å²) in [5.74, 6) is 0. The van der Waals surface area contributed by atoms with Crippen LogP contribution < -0.4 is 0 Å². The van der Waals surface area contributed by atoms with E-state index in [0.717, 1.165) is 31.5 Å². The Morgan fingerprint density at radius 3 is 2.55 bits per heavy atom. The molecule has 1 aliphatic rings. The van der Waals surface area contributed by atoms with Crippen molar-refractivity contribution in [3.05, 3.63) is 0 Å². The minimum absolute atomic E-state index is 0.240. The summed E-state index contributed by atoms with van der Waals surface area (Å²) >= 11 is 0. The zero-order valence-electron chi connectivity index (χ0n) is 6.75. The van der Waals surface area contributed by atoms with Crippen LogP contribution in [0.3, 0.4) is 0 Å². The van der Waals surface area contributed by atoms with Crippen LogP contribution in [0.1, 0.15) is 12.8 Å². The lowest BCUT2D eigenvalue weighted by atomic mass is 10.1. The summed E-state index contributed by atoms with van der Waals surface area (Å²) in [4.78, 5) is 2.23. The number of likely N-dealkylation sites (tertiary alicyclic amines) is 1. The van der Waals surface area contributed by atoms with E-state index in [2.05, 4.69) is 11.9 Å². The van der Waals surface area contributed by atoms with Crippen molar-refractivity contribution in [2.45, 2.75) is 18.1 Å². The molecule has 0 spiro atoms. The van der Waals surface area contributed by atoms with Gasteiger partial charge in [-0.2, -0.15) is 0 Å². The first-order chi connectivity index (χ1) is 5.24. The molecule has 1 unspecified atom stereocenters. The maximum absolute atomic E-state index is 11.1. The molecule has 0 aromatic heterocycles. The summed E-state index contributed by atoms with van der Waals surface area (Å²) in [6.45, 7) is 2.04. The smallest absolute Gasteiger partial charge is 0.0821 e. The molecule has 4 heteroatoms. The first-order valence-corrected chi connectivity index (χ1v) is 5.10. The van der Waals surface area contributed by atoms with Crippen molar-refractivity contribution in [1.82, 2.24) is 4.90 Å². The Balaban J connectivity index is 2.38. The van der Waals surface area contributed by atoms with Gasteiger partial charge in [-0.05, 0) is 33.0 Å². The van der Waals surface area contributed by atoms with Crippen LogP contribution in [0.5, 0.6) is 0 Å². The van der Waals surface area contributed by atoms with Gasteiger partial charge in [-0.25, -0.2) is 0 Å². The molecule has 0 aliphatic carbocycles. The fourth-order valence-electron chi connectivity index (χ4n) is 1.31.